The van der Waals surface area contributed by atoms with Crippen molar-refractivity contribution in [3.05, 3.63) is 15.8 Å². The van der Waals surface area contributed by atoms with Crippen molar-refractivity contribution in [2.45, 2.75) is 33.2 Å². The fourth-order valence-electron chi connectivity index (χ4n) is 1.95. The minimum Gasteiger partial charge on any atom is -0.365 e. The first-order valence-electron chi connectivity index (χ1n) is 6.57. The van der Waals surface area contributed by atoms with Crippen LogP contribution in [0.25, 0.3) is 0 Å². The summed E-state index contributed by atoms with van der Waals surface area (Å²) in [5.41, 5.74) is 0.553. The summed E-state index contributed by atoms with van der Waals surface area (Å²) in [7, 11) is 4.07. The van der Waals surface area contributed by atoms with E-state index in [-0.39, 0.29) is 10.6 Å². The molecule has 0 atom stereocenters. The van der Waals surface area contributed by atoms with E-state index in [2.05, 4.69) is 15.3 Å². The largest absolute Gasteiger partial charge is 0.365 e. The van der Waals surface area contributed by atoms with Crippen molar-refractivity contribution in [2.24, 2.45) is 0 Å². The summed E-state index contributed by atoms with van der Waals surface area (Å²) >= 11 is 0. The summed E-state index contributed by atoms with van der Waals surface area (Å²) in [4.78, 5) is 12.8. The van der Waals surface area contributed by atoms with Crippen molar-refractivity contribution >= 4 is 11.5 Å². The van der Waals surface area contributed by atoms with Crippen molar-refractivity contribution in [3.63, 3.8) is 0 Å². The van der Waals surface area contributed by atoms with E-state index in [1.54, 1.807) is 11.6 Å². The Morgan fingerprint density at radius 2 is 2.11 bits per heavy atom. The van der Waals surface area contributed by atoms with E-state index < -0.39 is 0 Å². The Balaban J connectivity index is 2.63. The third-order valence-corrected chi connectivity index (χ3v) is 2.90. The van der Waals surface area contributed by atoms with E-state index >= 15 is 0 Å². The Bertz CT molecular complexity index is 428. The predicted molar refractivity (Wildman–Crippen MR) is 75.6 cm³/mol. The number of nitro groups is 1. The van der Waals surface area contributed by atoms with Gasteiger partial charge in [0.1, 0.15) is 5.69 Å². The molecule has 1 heterocycles. The van der Waals surface area contributed by atoms with Crippen LogP contribution >= 0.6 is 0 Å². The van der Waals surface area contributed by atoms with Gasteiger partial charge in [0.2, 0.25) is 5.82 Å². The Labute approximate surface area is 113 Å². The number of nitrogens with one attached hydrogen (secondary N) is 1. The Kier molecular flexibility index (Phi) is 5.75. The van der Waals surface area contributed by atoms with Gasteiger partial charge in [-0.15, -0.1) is 0 Å². The standard InChI is InChI=1S/C12H23N5O2/c1-5-16-12(11(17(18)19)10(2)14-16)13-8-6-7-9-15(3)4/h13H,5-9H2,1-4H3. The zero-order valence-corrected chi connectivity index (χ0v) is 12.1. The van der Waals surface area contributed by atoms with E-state index in [1.165, 1.54) is 0 Å². The van der Waals surface area contributed by atoms with Crippen LogP contribution < -0.4 is 5.32 Å². The first-order valence-corrected chi connectivity index (χ1v) is 6.57. The topological polar surface area (TPSA) is 76.2 Å². The molecule has 0 bridgehead atoms. The molecule has 7 heteroatoms. The number of aryl methyl sites for hydroxylation is 2. The molecule has 0 unspecified atom stereocenters. The molecular weight excluding hydrogens is 246 g/mol. The molecule has 108 valence electrons. The molecule has 19 heavy (non-hydrogen) atoms. The van der Waals surface area contributed by atoms with Gasteiger partial charge in [0.05, 0.1) is 4.92 Å². The van der Waals surface area contributed by atoms with Crippen LogP contribution in [-0.4, -0.2) is 46.8 Å². The van der Waals surface area contributed by atoms with Gasteiger partial charge >= 0.3 is 5.69 Å². The highest BCUT2D eigenvalue weighted by Crippen LogP contribution is 2.27. The maximum absolute atomic E-state index is 11.1. The van der Waals surface area contributed by atoms with Crippen molar-refractivity contribution in [3.8, 4) is 0 Å². The highest BCUT2D eigenvalue weighted by molar-refractivity contribution is 5.59. The molecule has 0 aliphatic heterocycles. The average molecular weight is 269 g/mol. The van der Waals surface area contributed by atoms with Crippen LogP contribution in [0.2, 0.25) is 0 Å². The van der Waals surface area contributed by atoms with E-state index in [1.807, 2.05) is 21.0 Å². The second-order valence-corrected chi connectivity index (χ2v) is 4.79. The minimum absolute atomic E-state index is 0.0921. The monoisotopic (exact) mass is 269 g/mol. The third kappa shape index (κ3) is 4.20. The molecule has 0 aliphatic rings. The number of unbranched alkanes of at least 4 members (excludes halogenated alkanes) is 1. The number of rotatable bonds is 8. The van der Waals surface area contributed by atoms with E-state index in [9.17, 15) is 10.1 Å². The summed E-state index contributed by atoms with van der Waals surface area (Å²) in [5, 5.41) is 18.4. The fraction of sp³-hybridized carbons (Fsp3) is 0.750. The molecule has 0 amide bonds. The molecule has 1 N–H and O–H groups in total. The molecule has 7 nitrogen and oxygen atoms in total. The lowest BCUT2D eigenvalue weighted by Crippen LogP contribution is -2.15. The molecule has 1 aromatic rings. The normalized spacial score (nSPS) is 11.0. The lowest BCUT2D eigenvalue weighted by atomic mass is 10.3. The van der Waals surface area contributed by atoms with E-state index in [4.69, 9.17) is 0 Å². The first-order chi connectivity index (χ1) is 8.97. The summed E-state index contributed by atoms with van der Waals surface area (Å²) < 4.78 is 1.65. The van der Waals surface area contributed by atoms with Gasteiger partial charge in [-0.1, -0.05) is 0 Å². The number of hydrogen-bond acceptors (Lipinski definition) is 5. The summed E-state index contributed by atoms with van der Waals surface area (Å²) in [6.07, 6.45) is 2.04. The quantitative estimate of drug-likeness (QED) is 0.443. The second kappa shape index (κ2) is 7.08. The highest BCUT2D eigenvalue weighted by Gasteiger charge is 2.24. The van der Waals surface area contributed by atoms with Crippen molar-refractivity contribution in [1.82, 2.24) is 14.7 Å². The highest BCUT2D eigenvalue weighted by atomic mass is 16.6. The lowest BCUT2D eigenvalue weighted by Gasteiger charge is -2.10. The molecule has 0 spiro atoms. The minimum atomic E-state index is -0.364. The van der Waals surface area contributed by atoms with Gasteiger partial charge in [-0.05, 0) is 47.3 Å². The number of nitrogens with zero attached hydrogens (tertiary/aromatic N) is 4. The lowest BCUT2D eigenvalue weighted by molar-refractivity contribution is -0.384. The van der Waals surface area contributed by atoms with Gasteiger partial charge in [0.25, 0.3) is 0 Å². The smallest absolute Gasteiger partial charge is 0.333 e. The van der Waals surface area contributed by atoms with Crippen LogP contribution in [0.5, 0.6) is 0 Å². The summed E-state index contributed by atoms with van der Waals surface area (Å²) in [6.45, 7) is 5.96. The van der Waals surface area contributed by atoms with E-state index in [0.717, 1.165) is 25.9 Å². The second-order valence-electron chi connectivity index (χ2n) is 4.79. The van der Waals surface area contributed by atoms with Gasteiger partial charge in [-0.25, -0.2) is 4.68 Å². The number of anilines is 1. The van der Waals surface area contributed by atoms with Gasteiger partial charge in [0, 0.05) is 13.1 Å². The van der Waals surface area contributed by atoms with Crippen LogP contribution in [0, 0.1) is 17.0 Å². The van der Waals surface area contributed by atoms with Crippen LogP contribution in [0.15, 0.2) is 0 Å². The van der Waals surface area contributed by atoms with Crippen molar-refractivity contribution in [1.29, 1.82) is 0 Å². The average Bonchev–Trinajstić information content (AvgIpc) is 2.64. The van der Waals surface area contributed by atoms with Crippen molar-refractivity contribution in [2.75, 3.05) is 32.5 Å². The molecule has 0 fully saturated rings. The van der Waals surface area contributed by atoms with Gasteiger partial charge < -0.3 is 10.2 Å². The molecule has 1 aromatic heterocycles. The molecule has 1 rings (SSSR count). The SMILES string of the molecule is CCn1nc(C)c([N+](=O)[O-])c1NCCCCN(C)C. The summed E-state index contributed by atoms with van der Waals surface area (Å²) in [6, 6.07) is 0. The molecular formula is C12H23N5O2. The zero-order chi connectivity index (χ0) is 14.4. The number of hydrogen-bond donors (Lipinski definition) is 1. The Morgan fingerprint density at radius 3 is 2.63 bits per heavy atom. The maximum Gasteiger partial charge on any atom is 0.333 e. The number of aromatic nitrogens is 2. The molecule has 0 radical (unpaired) electrons. The van der Waals surface area contributed by atoms with Gasteiger partial charge in [-0.3, -0.25) is 10.1 Å². The molecule has 0 aliphatic carbocycles. The van der Waals surface area contributed by atoms with Crippen LogP contribution in [0.1, 0.15) is 25.5 Å². The van der Waals surface area contributed by atoms with Crippen molar-refractivity contribution < 1.29 is 4.92 Å². The third-order valence-electron chi connectivity index (χ3n) is 2.90. The summed E-state index contributed by atoms with van der Waals surface area (Å²) in [5.74, 6) is 0.523. The van der Waals surface area contributed by atoms with Crippen LogP contribution in [-0.2, 0) is 6.54 Å². The Hall–Kier alpha value is -1.63. The molecule has 0 saturated heterocycles. The van der Waals surface area contributed by atoms with Gasteiger partial charge in [-0.2, -0.15) is 5.10 Å². The molecule has 0 aromatic carbocycles. The van der Waals surface area contributed by atoms with Crippen LogP contribution in [0.4, 0.5) is 11.5 Å². The zero-order valence-electron chi connectivity index (χ0n) is 12.1. The van der Waals surface area contributed by atoms with E-state index in [0.29, 0.717) is 18.1 Å². The van der Waals surface area contributed by atoms with Crippen LogP contribution in [0.3, 0.4) is 0 Å². The fourth-order valence-corrected chi connectivity index (χ4v) is 1.95. The first kappa shape index (κ1) is 15.4. The predicted octanol–water partition coefficient (Wildman–Crippen LogP) is 1.87. The maximum atomic E-state index is 11.1. The van der Waals surface area contributed by atoms with Gasteiger partial charge in [0.15, 0.2) is 0 Å². The molecule has 0 saturated carbocycles. The Morgan fingerprint density at radius 1 is 1.42 bits per heavy atom.